The number of nitrogens with zero attached hydrogens (tertiary/aromatic N) is 1. The third kappa shape index (κ3) is 3.79. The molecule has 0 unspecified atom stereocenters. The van der Waals surface area contributed by atoms with E-state index in [1.807, 2.05) is 6.08 Å². The summed E-state index contributed by atoms with van der Waals surface area (Å²) in [5, 5.41) is 13.9. The quantitative estimate of drug-likeness (QED) is 0.342. The highest BCUT2D eigenvalue weighted by atomic mass is 16.6. The van der Waals surface area contributed by atoms with E-state index in [1.165, 1.54) is 6.07 Å². The van der Waals surface area contributed by atoms with Gasteiger partial charge in [0.15, 0.2) is 5.75 Å². The van der Waals surface area contributed by atoms with Crippen LogP contribution in [0.4, 0.5) is 11.4 Å². The van der Waals surface area contributed by atoms with Crippen molar-refractivity contribution in [2.75, 3.05) is 18.5 Å². The zero-order chi connectivity index (χ0) is 12.7. The van der Waals surface area contributed by atoms with Crippen LogP contribution >= 0.6 is 0 Å². The molecule has 0 atom stereocenters. The minimum atomic E-state index is -0.446. The van der Waals surface area contributed by atoms with Gasteiger partial charge in [-0.3, -0.25) is 10.1 Å². The summed E-state index contributed by atoms with van der Waals surface area (Å²) in [7, 11) is 0. The Balaban J connectivity index is 2.84. The molecule has 92 valence electrons. The molecule has 5 nitrogen and oxygen atoms in total. The highest BCUT2D eigenvalue weighted by Gasteiger charge is 2.14. The summed E-state index contributed by atoms with van der Waals surface area (Å²) >= 11 is 0. The Morgan fingerprint density at radius 1 is 1.59 bits per heavy atom. The Labute approximate surface area is 100 Å². The van der Waals surface area contributed by atoms with Crippen molar-refractivity contribution in [1.29, 1.82) is 0 Å². The van der Waals surface area contributed by atoms with Gasteiger partial charge in [-0.05, 0) is 19.4 Å². The second-order valence-corrected chi connectivity index (χ2v) is 3.38. The summed E-state index contributed by atoms with van der Waals surface area (Å²) in [6, 6.07) is 4.76. The molecule has 0 radical (unpaired) electrons. The number of hydrogen-bond donors (Lipinski definition) is 1. The van der Waals surface area contributed by atoms with Crippen LogP contribution in [0.15, 0.2) is 30.9 Å². The highest BCUT2D eigenvalue weighted by molar-refractivity contribution is 5.58. The second-order valence-electron chi connectivity index (χ2n) is 3.38. The number of nitro groups is 1. The fourth-order valence-electron chi connectivity index (χ4n) is 1.36. The fraction of sp³-hybridized carbons (Fsp3) is 0.333. The van der Waals surface area contributed by atoms with Crippen LogP contribution in [-0.2, 0) is 0 Å². The number of rotatable bonds is 7. The molecular weight excluding hydrogens is 220 g/mol. The molecule has 0 fully saturated rings. The summed E-state index contributed by atoms with van der Waals surface area (Å²) in [5.74, 6) is 0.293. The van der Waals surface area contributed by atoms with Crippen molar-refractivity contribution in [3.8, 4) is 5.75 Å². The van der Waals surface area contributed by atoms with Gasteiger partial charge in [-0.2, -0.15) is 0 Å². The SMILES string of the molecule is C=CCCNc1ccc([N+](=O)[O-])c(OCC)c1. The molecule has 1 aromatic rings. The molecule has 0 amide bonds. The molecule has 0 aromatic heterocycles. The van der Waals surface area contributed by atoms with Gasteiger partial charge in [0.25, 0.3) is 0 Å². The standard InChI is InChI=1S/C12H16N2O3/c1-3-5-8-13-10-6-7-11(14(15)16)12(9-10)17-4-2/h3,6-7,9,13H,1,4-5,8H2,2H3. The van der Waals surface area contributed by atoms with E-state index in [0.717, 1.165) is 18.7 Å². The van der Waals surface area contributed by atoms with Crippen molar-refractivity contribution in [1.82, 2.24) is 0 Å². The molecule has 1 aromatic carbocycles. The summed E-state index contributed by atoms with van der Waals surface area (Å²) in [4.78, 5) is 10.3. The molecule has 0 spiro atoms. The average molecular weight is 236 g/mol. The van der Waals surface area contributed by atoms with E-state index in [1.54, 1.807) is 19.1 Å². The van der Waals surface area contributed by atoms with E-state index in [0.29, 0.717) is 12.4 Å². The van der Waals surface area contributed by atoms with E-state index in [2.05, 4.69) is 11.9 Å². The Kier molecular flexibility index (Phi) is 5.00. The van der Waals surface area contributed by atoms with Crippen molar-refractivity contribution >= 4 is 11.4 Å². The topological polar surface area (TPSA) is 64.4 Å². The van der Waals surface area contributed by atoms with Crippen LogP contribution in [0.25, 0.3) is 0 Å². The Hall–Kier alpha value is -2.04. The first kappa shape index (κ1) is 13.0. The number of benzene rings is 1. The van der Waals surface area contributed by atoms with Crippen LogP contribution in [-0.4, -0.2) is 18.1 Å². The number of hydrogen-bond acceptors (Lipinski definition) is 4. The van der Waals surface area contributed by atoms with Crippen LogP contribution in [0, 0.1) is 10.1 Å². The lowest BCUT2D eigenvalue weighted by molar-refractivity contribution is -0.385. The first-order valence-electron chi connectivity index (χ1n) is 5.45. The van der Waals surface area contributed by atoms with E-state index < -0.39 is 4.92 Å². The van der Waals surface area contributed by atoms with Crippen molar-refractivity contribution in [3.63, 3.8) is 0 Å². The van der Waals surface area contributed by atoms with E-state index in [-0.39, 0.29) is 5.69 Å². The molecule has 1 N–H and O–H groups in total. The highest BCUT2D eigenvalue weighted by Crippen LogP contribution is 2.29. The number of anilines is 1. The van der Waals surface area contributed by atoms with Crippen molar-refractivity contribution in [2.24, 2.45) is 0 Å². The molecule has 1 rings (SSSR count). The molecule has 0 aliphatic rings. The Morgan fingerprint density at radius 3 is 2.94 bits per heavy atom. The van der Waals surface area contributed by atoms with E-state index >= 15 is 0 Å². The summed E-state index contributed by atoms with van der Waals surface area (Å²) in [5.41, 5.74) is 0.794. The lowest BCUT2D eigenvalue weighted by Crippen LogP contribution is -2.02. The predicted octanol–water partition coefficient (Wildman–Crippen LogP) is 2.98. The van der Waals surface area contributed by atoms with Crippen molar-refractivity contribution in [3.05, 3.63) is 41.0 Å². The van der Waals surface area contributed by atoms with E-state index in [9.17, 15) is 10.1 Å². The molecule has 0 saturated heterocycles. The van der Waals surface area contributed by atoms with Gasteiger partial charge in [-0.15, -0.1) is 6.58 Å². The van der Waals surface area contributed by atoms with Gasteiger partial charge in [-0.1, -0.05) is 6.08 Å². The maximum atomic E-state index is 10.8. The molecule has 0 aliphatic heterocycles. The van der Waals surface area contributed by atoms with Gasteiger partial charge in [0.1, 0.15) is 0 Å². The molecule has 5 heteroatoms. The smallest absolute Gasteiger partial charge is 0.311 e. The molecule has 0 saturated carbocycles. The lowest BCUT2D eigenvalue weighted by atomic mass is 10.2. The molecule has 0 bridgehead atoms. The number of ether oxygens (including phenoxy) is 1. The Morgan fingerprint density at radius 2 is 2.35 bits per heavy atom. The number of nitro benzene ring substituents is 1. The summed E-state index contributed by atoms with van der Waals surface area (Å²) < 4.78 is 5.24. The first-order valence-corrected chi connectivity index (χ1v) is 5.45. The van der Waals surface area contributed by atoms with Gasteiger partial charge >= 0.3 is 5.69 Å². The predicted molar refractivity (Wildman–Crippen MR) is 67.6 cm³/mol. The number of nitrogens with one attached hydrogen (secondary N) is 1. The van der Waals surface area contributed by atoms with Crippen LogP contribution in [0.5, 0.6) is 5.75 Å². The van der Waals surface area contributed by atoms with Crippen LogP contribution in [0.2, 0.25) is 0 Å². The maximum Gasteiger partial charge on any atom is 0.311 e. The fourth-order valence-corrected chi connectivity index (χ4v) is 1.36. The van der Waals surface area contributed by atoms with Crippen LogP contribution in [0.1, 0.15) is 13.3 Å². The van der Waals surface area contributed by atoms with Crippen LogP contribution < -0.4 is 10.1 Å². The first-order chi connectivity index (χ1) is 8.19. The van der Waals surface area contributed by atoms with Gasteiger partial charge in [0.2, 0.25) is 0 Å². The summed E-state index contributed by atoms with van der Waals surface area (Å²) in [6.45, 7) is 6.56. The van der Waals surface area contributed by atoms with Crippen LogP contribution in [0.3, 0.4) is 0 Å². The van der Waals surface area contributed by atoms with E-state index in [4.69, 9.17) is 4.74 Å². The van der Waals surface area contributed by atoms with Gasteiger partial charge < -0.3 is 10.1 Å². The van der Waals surface area contributed by atoms with Crippen molar-refractivity contribution < 1.29 is 9.66 Å². The summed E-state index contributed by atoms with van der Waals surface area (Å²) in [6.07, 6.45) is 2.64. The largest absolute Gasteiger partial charge is 0.487 e. The van der Waals surface area contributed by atoms with Crippen molar-refractivity contribution in [2.45, 2.75) is 13.3 Å². The third-order valence-corrected chi connectivity index (χ3v) is 2.13. The normalized spacial score (nSPS) is 9.71. The average Bonchev–Trinajstić information content (AvgIpc) is 2.30. The zero-order valence-corrected chi connectivity index (χ0v) is 9.81. The van der Waals surface area contributed by atoms with Gasteiger partial charge in [0, 0.05) is 24.4 Å². The molecule has 0 aliphatic carbocycles. The molecule has 17 heavy (non-hydrogen) atoms. The second kappa shape index (κ2) is 6.52. The maximum absolute atomic E-state index is 10.8. The molecular formula is C12H16N2O3. The van der Waals surface area contributed by atoms with Gasteiger partial charge in [-0.25, -0.2) is 0 Å². The third-order valence-electron chi connectivity index (χ3n) is 2.13. The minimum absolute atomic E-state index is 0.0129. The zero-order valence-electron chi connectivity index (χ0n) is 9.81. The lowest BCUT2D eigenvalue weighted by Gasteiger charge is -2.08. The monoisotopic (exact) mass is 236 g/mol. The van der Waals surface area contributed by atoms with Gasteiger partial charge in [0.05, 0.1) is 11.5 Å². The Bertz CT molecular complexity index is 405. The molecule has 0 heterocycles. The minimum Gasteiger partial charge on any atom is -0.487 e.